The van der Waals surface area contributed by atoms with Gasteiger partial charge in [-0.1, -0.05) is 80.6 Å². The Bertz CT molecular complexity index is 1060. The van der Waals surface area contributed by atoms with Gasteiger partial charge in [0.25, 0.3) is 0 Å². The SMILES string of the molecule is CCC(CC)=N[n+]1c(-c2ccccc2)cc(-c2ccccc2)cc1-c1ccccc1. The zero-order valence-electron chi connectivity index (χ0n) is 17.6. The number of aromatic nitrogens is 1. The Balaban J connectivity index is 2.06. The predicted molar refractivity (Wildman–Crippen MR) is 126 cm³/mol. The Kier molecular flexibility index (Phi) is 6.14. The van der Waals surface area contributed by atoms with Crippen LogP contribution in [-0.4, -0.2) is 5.71 Å². The molecule has 2 heteroatoms. The number of pyridine rings is 1. The first-order valence-electron chi connectivity index (χ1n) is 10.6. The molecule has 0 N–H and O–H groups in total. The van der Waals surface area contributed by atoms with Crippen LogP contribution in [0.4, 0.5) is 0 Å². The molecule has 2 nitrogen and oxygen atoms in total. The summed E-state index contributed by atoms with van der Waals surface area (Å²) in [6, 6.07) is 36.1. The van der Waals surface area contributed by atoms with Gasteiger partial charge >= 0.3 is 0 Å². The zero-order valence-corrected chi connectivity index (χ0v) is 17.6. The number of hydrogen-bond acceptors (Lipinski definition) is 1. The summed E-state index contributed by atoms with van der Waals surface area (Å²) in [4.78, 5) is 0. The lowest BCUT2D eigenvalue weighted by Crippen LogP contribution is -2.35. The predicted octanol–water partition coefficient (Wildman–Crippen LogP) is 7.00. The Morgan fingerprint density at radius 1 is 0.567 bits per heavy atom. The normalized spacial score (nSPS) is 10.6. The summed E-state index contributed by atoms with van der Waals surface area (Å²) in [5.41, 5.74) is 8.07. The van der Waals surface area contributed by atoms with Gasteiger partial charge in [-0.3, -0.25) is 0 Å². The van der Waals surface area contributed by atoms with E-state index in [0.717, 1.165) is 35.4 Å². The van der Waals surface area contributed by atoms with Crippen LogP contribution in [-0.2, 0) is 0 Å². The highest BCUT2D eigenvalue weighted by Gasteiger charge is 2.23. The van der Waals surface area contributed by atoms with Gasteiger partial charge < -0.3 is 0 Å². The molecule has 0 saturated heterocycles. The molecule has 0 atom stereocenters. The monoisotopic (exact) mass is 391 g/mol. The highest BCUT2D eigenvalue weighted by molar-refractivity contribution is 5.83. The molecule has 0 fully saturated rings. The molecule has 0 aliphatic carbocycles. The number of hydrogen-bond donors (Lipinski definition) is 0. The van der Waals surface area contributed by atoms with Crippen molar-refractivity contribution in [3.8, 4) is 33.6 Å². The Morgan fingerprint density at radius 2 is 0.967 bits per heavy atom. The number of rotatable bonds is 6. The van der Waals surface area contributed by atoms with Crippen LogP contribution in [0, 0.1) is 0 Å². The number of benzene rings is 3. The fourth-order valence-corrected chi connectivity index (χ4v) is 3.66. The number of nitrogens with zero attached hydrogens (tertiary/aromatic N) is 2. The van der Waals surface area contributed by atoms with Crippen LogP contribution in [0.25, 0.3) is 33.6 Å². The molecule has 1 heterocycles. The minimum absolute atomic E-state index is 0.937. The van der Waals surface area contributed by atoms with E-state index in [1.165, 1.54) is 16.8 Å². The van der Waals surface area contributed by atoms with E-state index in [2.05, 4.69) is 122 Å². The van der Waals surface area contributed by atoms with E-state index in [1.54, 1.807) is 0 Å². The van der Waals surface area contributed by atoms with Gasteiger partial charge in [-0.15, -0.1) is 0 Å². The Morgan fingerprint density at radius 3 is 1.37 bits per heavy atom. The maximum atomic E-state index is 5.12. The van der Waals surface area contributed by atoms with Gasteiger partial charge in [0.2, 0.25) is 11.4 Å². The first kappa shape index (κ1) is 19.8. The molecule has 4 rings (SSSR count). The van der Waals surface area contributed by atoms with Gasteiger partial charge in [0.1, 0.15) is 0 Å². The molecule has 0 spiro atoms. The van der Waals surface area contributed by atoms with Gasteiger partial charge in [-0.25, -0.2) is 0 Å². The second-order valence-electron chi connectivity index (χ2n) is 7.30. The largest absolute Gasteiger partial charge is 0.246 e. The zero-order chi connectivity index (χ0) is 20.8. The van der Waals surface area contributed by atoms with Gasteiger partial charge in [0, 0.05) is 23.3 Å². The van der Waals surface area contributed by atoms with E-state index in [9.17, 15) is 0 Å². The fraction of sp³-hybridized carbons (Fsp3) is 0.143. The summed E-state index contributed by atoms with van der Waals surface area (Å²) in [7, 11) is 0. The molecule has 0 bridgehead atoms. The summed E-state index contributed by atoms with van der Waals surface area (Å²) >= 11 is 0. The first-order valence-corrected chi connectivity index (χ1v) is 10.6. The highest BCUT2D eigenvalue weighted by Crippen LogP contribution is 2.29. The van der Waals surface area contributed by atoms with E-state index in [4.69, 9.17) is 5.10 Å². The van der Waals surface area contributed by atoms with Gasteiger partial charge in [-0.05, 0) is 58.0 Å². The Hall–Kier alpha value is -3.52. The smallest absolute Gasteiger partial charge is 0.0622 e. The lowest BCUT2D eigenvalue weighted by molar-refractivity contribution is -0.656. The average Bonchev–Trinajstić information content (AvgIpc) is 2.84. The minimum Gasteiger partial charge on any atom is -0.0622 e. The van der Waals surface area contributed by atoms with E-state index in [1.807, 2.05) is 0 Å². The standard InChI is InChI=1S/C28H27N2/c1-3-26(4-2)29-30-27(23-16-10-6-11-17-23)20-25(22-14-8-5-9-15-22)21-28(30)24-18-12-7-13-19-24/h5-21H,3-4H2,1-2H3/q+1. The van der Waals surface area contributed by atoms with Gasteiger partial charge in [-0.2, -0.15) is 0 Å². The maximum absolute atomic E-state index is 5.12. The van der Waals surface area contributed by atoms with Crippen LogP contribution in [0.1, 0.15) is 26.7 Å². The van der Waals surface area contributed by atoms with E-state index in [0.29, 0.717) is 0 Å². The maximum Gasteiger partial charge on any atom is 0.246 e. The summed E-state index contributed by atoms with van der Waals surface area (Å²) in [5.74, 6) is 0. The lowest BCUT2D eigenvalue weighted by atomic mass is 10.00. The van der Waals surface area contributed by atoms with Crippen molar-refractivity contribution < 1.29 is 4.68 Å². The topological polar surface area (TPSA) is 16.2 Å². The first-order chi connectivity index (χ1) is 14.8. The van der Waals surface area contributed by atoms with E-state index in [-0.39, 0.29) is 0 Å². The molecule has 0 saturated carbocycles. The quantitative estimate of drug-likeness (QED) is 0.248. The second-order valence-corrected chi connectivity index (χ2v) is 7.30. The van der Waals surface area contributed by atoms with Crippen molar-refractivity contribution in [2.45, 2.75) is 26.7 Å². The third-order valence-electron chi connectivity index (χ3n) is 5.34. The van der Waals surface area contributed by atoms with E-state index < -0.39 is 0 Å². The van der Waals surface area contributed by atoms with Gasteiger partial charge in [0.15, 0.2) is 0 Å². The second kappa shape index (κ2) is 9.32. The molecule has 1 aromatic heterocycles. The molecular weight excluding hydrogens is 364 g/mol. The van der Waals surface area contributed by atoms with Crippen molar-refractivity contribution in [2.24, 2.45) is 5.10 Å². The fourth-order valence-electron chi connectivity index (χ4n) is 3.66. The molecule has 0 aliphatic rings. The van der Waals surface area contributed by atoms with Crippen LogP contribution in [0.3, 0.4) is 0 Å². The minimum atomic E-state index is 0.937. The summed E-state index contributed by atoms with van der Waals surface area (Å²) in [6.07, 6.45) is 1.87. The third-order valence-corrected chi connectivity index (χ3v) is 5.34. The molecule has 30 heavy (non-hydrogen) atoms. The Labute approximate surface area is 179 Å². The molecule has 0 aliphatic heterocycles. The lowest BCUT2D eigenvalue weighted by Gasteiger charge is -2.09. The molecule has 0 unspecified atom stereocenters. The molecular formula is C28H27N2+. The summed E-state index contributed by atoms with van der Waals surface area (Å²) in [6.45, 7) is 4.34. The van der Waals surface area contributed by atoms with Crippen molar-refractivity contribution in [2.75, 3.05) is 0 Å². The van der Waals surface area contributed by atoms with Crippen LogP contribution < -0.4 is 4.68 Å². The summed E-state index contributed by atoms with van der Waals surface area (Å²) in [5, 5.41) is 5.12. The van der Waals surface area contributed by atoms with E-state index >= 15 is 0 Å². The van der Waals surface area contributed by atoms with Gasteiger partial charge in [0.05, 0.1) is 5.71 Å². The van der Waals surface area contributed by atoms with Crippen LogP contribution in [0.2, 0.25) is 0 Å². The third kappa shape index (κ3) is 4.23. The van der Waals surface area contributed by atoms with Crippen molar-refractivity contribution in [3.05, 3.63) is 103 Å². The summed E-state index contributed by atoms with van der Waals surface area (Å²) < 4.78 is 2.12. The molecule has 3 aromatic carbocycles. The van der Waals surface area contributed by atoms with Crippen molar-refractivity contribution in [1.29, 1.82) is 0 Å². The van der Waals surface area contributed by atoms with Crippen molar-refractivity contribution >= 4 is 5.71 Å². The molecule has 148 valence electrons. The van der Waals surface area contributed by atoms with Crippen molar-refractivity contribution in [3.63, 3.8) is 0 Å². The van der Waals surface area contributed by atoms with Crippen molar-refractivity contribution in [1.82, 2.24) is 0 Å². The highest BCUT2D eigenvalue weighted by atomic mass is 15.4. The molecule has 0 amide bonds. The van der Waals surface area contributed by atoms with Crippen LogP contribution in [0.5, 0.6) is 0 Å². The average molecular weight is 392 g/mol. The van der Waals surface area contributed by atoms with Crippen LogP contribution in [0.15, 0.2) is 108 Å². The molecule has 4 aromatic rings. The molecule has 0 radical (unpaired) electrons. The van der Waals surface area contributed by atoms with Crippen LogP contribution >= 0.6 is 0 Å².